The number of thioether (sulfide) groups is 1. The molecule has 0 saturated heterocycles. The molecule has 0 fully saturated rings. The summed E-state index contributed by atoms with van der Waals surface area (Å²) >= 11 is 1.72. The van der Waals surface area contributed by atoms with Crippen LogP contribution in [0, 0.1) is 11.3 Å². The Morgan fingerprint density at radius 2 is 1.65 bits per heavy atom. The van der Waals surface area contributed by atoms with Gasteiger partial charge in [0.1, 0.15) is 0 Å². The van der Waals surface area contributed by atoms with Crippen LogP contribution in [0.1, 0.15) is 21.5 Å². The van der Waals surface area contributed by atoms with Crippen molar-refractivity contribution in [3.63, 3.8) is 0 Å². The van der Waals surface area contributed by atoms with Crippen molar-refractivity contribution >= 4 is 23.4 Å². The maximum absolute atomic E-state index is 13.0. The third-order valence-electron chi connectivity index (χ3n) is 4.75. The number of nitriles is 1. The Kier molecular flexibility index (Phi) is 6.41. The first-order chi connectivity index (χ1) is 15.2. The van der Waals surface area contributed by atoms with Crippen molar-refractivity contribution in [2.45, 2.75) is 10.6 Å². The van der Waals surface area contributed by atoms with Gasteiger partial charge in [0.2, 0.25) is 0 Å². The molecule has 150 valence electrons. The van der Waals surface area contributed by atoms with Gasteiger partial charge in [-0.25, -0.2) is 0 Å². The summed E-state index contributed by atoms with van der Waals surface area (Å²) in [5.41, 5.74) is 4.44. The van der Waals surface area contributed by atoms with Crippen molar-refractivity contribution in [2.75, 3.05) is 5.32 Å². The predicted octanol–water partition coefficient (Wildman–Crippen LogP) is 6.16. The van der Waals surface area contributed by atoms with Crippen molar-refractivity contribution < 1.29 is 4.79 Å². The third-order valence-corrected chi connectivity index (χ3v) is 5.83. The Bertz CT molecular complexity index is 1230. The molecule has 1 aromatic heterocycles. The molecule has 0 aliphatic carbocycles. The van der Waals surface area contributed by atoms with Crippen molar-refractivity contribution in [2.24, 2.45) is 0 Å². The summed E-state index contributed by atoms with van der Waals surface area (Å²) in [6.07, 6.45) is 3.63. The summed E-state index contributed by atoms with van der Waals surface area (Å²) < 4.78 is 0. The molecule has 0 unspecified atom stereocenters. The monoisotopic (exact) mass is 421 g/mol. The fraction of sp³-hybridized carbons (Fsp3) is 0.0385. The molecule has 4 aromatic rings. The number of nitrogens with one attached hydrogen (secondary N) is 1. The Labute approximate surface area is 185 Å². The van der Waals surface area contributed by atoms with Gasteiger partial charge in [-0.15, -0.1) is 11.8 Å². The summed E-state index contributed by atoms with van der Waals surface area (Å²) in [5.74, 6) is 0.629. The number of nitrogens with zero attached hydrogens (tertiary/aromatic N) is 2. The molecule has 1 amide bonds. The summed E-state index contributed by atoms with van der Waals surface area (Å²) in [6, 6.07) is 28.6. The molecule has 0 saturated carbocycles. The highest BCUT2D eigenvalue weighted by atomic mass is 32.2. The molecular formula is C26H19N3OS. The zero-order valence-corrected chi connectivity index (χ0v) is 17.5. The lowest BCUT2D eigenvalue weighted by atomic mass is 9.95. The van der Waals surface area contributed by atoms with E-state index in [9.17, 15) is 10.1 Å². The Morgan fingerprint density at radius 3 is 2.39 bits per heavy atom. The molecule has 0 bridgehead atoms. The van der Waals surface area contributed by atoms with Gasteiger partial charge in [-0.05, 0) is 53.6 Å². The normalized spacial score (nSPS) is 10.3. The van der Waals surface area contributed by atoms with Gasteiger partial charge in [-0.1, -0.05) is 42.5 Å². The number of rotatable bonds is 6. The molecule has 5 heteroatoms. The maximum Gasteiger partial charge on any atom is 0.256 e. The molecule has 4 nitrogen and oxygen atoms in total. The summed E-state index contributed by atoms with van der Waals surface area (Å²) in [7, 11) is 0. The second kappa shape index (κ2) is 9.75. The van der Waals surface area contributed by atoms with Gasteiger partial charge < -0.3 is 5.32 Å². The van der Waals surface area contributed by atoms with Crippen LogP contribution in [0.25, 0.3) is 11.1 Å². The van der Waals surface area contributed by atoms with E-state index in [0.717, 1.165) is 27.5 Å². The minimum Gasteiger partial charge on any atom is -0.322 e. The topological polar surface area (TPSA) is 65.8 Å². The average Bonchev–Trinajstić information content (AvgIpc) is 2.84. The second-order valence-corrected chi connectivity index (χ2v) is 7.88. The highest BCUT2D eigenvalue weighted by molar-refractivity contribution is 7.98. The molecule has 1 N–H and O–H groups in total. The van der Waals surface area contributed by atoms with Crippen molar-refractivity contribution in [3.05, 3.63) is 114 Å². The van der Waals surface area contributed by atoms with E-state index < -0.39 is 0 Å². The van der Waals surface area contributed by atoms with E-state index >= 15 is 0 Å². The number of pyridine rings is 1. The smallest absolute Gasteiger partial charge is 0.256 e. The highest BCUT2D eigenvalue weighted by Crippen LogP contribution is 2.28. The van der Waals surface area contributed by atoms with Crippen LogP contribution in [0.4, 0.5) is 5.69 Å². The van der Waals surface area contributed by atoms with Gasteiger partial charge in [0, 0.05) is 39.9 Å². The lowest BCUT2D eigenvalue weighted by Crippen LogP contribution is -2.13. The largest absolute Gasteiger partial charge is 0.322 e. The van der Waals surface area contributed by atoms with Crippen molar-refractivity contribution in [1.82, 2.24) is 4.98 Å². The number of amides is 1. The van der Waals surface area contributed by atoms with E-state index in [1.807, 2.05) is 72.9 Å². The minimum atomic E-state index is -0.209. The molecule has 0 atom stereocenters. The minimum absolute atomic E-state index is 0.209. The Balaban J connectivity index is 1.48. The molecule has 1 heterocycles. The highest BCUT2D eigenvalue weighted by Gasteiger charge is 2.15. The summed E-state index contributed by atoms with van der Waals surface area (Å²) in [5, 5.41) is 12.4. The van der Waals surface area contributed by atoms with E-state index in [-0.39, 0.29) is 5.91 Å². The van der Waals surface area contributed by atoms with Gasteiger partial charge >= 0.3 is 0 Å². The first-order valence-corrected chi connectivity index (χ1v) is 10.7. The average molecular weight is 422 g/mol. The first kappa shape index (κ1) is 20.4. The predicted molar refractivity (Wildman–Crippen MR) is 125 cm³/mol. The standard InChI is InChI=1S/C26H19N3OS/c27-16-20-7-1-2-8-23(20)24-9-3-4-10-25(24)26(30)29-21-11-13-22(14-12-21)31-18-19-6-5-15-28-17-19/h1-15,17H,18H2,(H,29,30). The number of anilines is 1. The van der Waals surface area contributed by atoms with Crippen LogP contribution in [0.15, 0.2) is 102 Å². The first-order valence-electron chi connectivity index (χ1n) is 9.76. The van der Waals surface area contributed by atoms with Crippen LogP contribution in [-0.4, -0.2) is 10.9 Å². The molecule has 31 heavy (non-hydrogen) atoms. The lowest BCUT2D eigenvalue weighted by molar-refractivity contribution is 0.102. The van der Waals surface area contributed by atoms with E-state index in [1.165, 1.54) is 5.56 Å². The van der Waals surface area contributed by atoms with E-state index in [4.69, 9.17) is 0 Å². The SMILES string of the molecule is N#Cc1ccccc1-c1ccccc1C(=O)Nc1ccc(SCc2cccnc2)cc1. The zero-order valence-electron chi connectivity index (χ0n) is 16.7. The van der Waals surface area contributed by atoms with Gasteiger partial charge in [-0.3, -0.25) is 9.78 Å². The van der Waals surface area contributed by atoms with Crippen LogP contribution in [0.5, 0.6) is 0 Å². The fourth-order valence-corrected chi connectivity index (χ4v) is 4.05. The van der Waals surface area contributed by atoms with E-state index in [1.54, 1.807) is 30.1 Å². The van der Waals surface area contributed by atoms with Crippen molar-refractivity contribution in [1.29, 1.82) is 5.26 Å². The molecule has 4 rings (SSSR count). The zero-order chi connectivity index (χ0) is 21.5. The van der Waals surface area contributed by atoms with Crippen molar-refractivity contribution in [3.8, 4) is 17.2 Å². The van der Waals surface area contributed by atoms with Crippen LogP contribution in [0.3, 0.4) is 0 Å². The van der Waals surface area contributed by atoms with Crippen LogP contribution >= 0.6 is 11.8 Å². The molecule has 0 aliphatic heterocycles. The summed E-state index contributed by atoms with van der Waals surface area (Å²) in [4.78, 5) is 18.2. The molecule has 3 aromatic carbocycles. The van der Waals surface area contributed by atoms with Gasteiger partial charge in [0.25, 0.3) is 5.91 Å². The van der Waals surface area contributed by atoms with E-state index in [0.29, 0.717) is 11.1 Å². The quantitative estimate of drug-likeness (QED) is 0.378. The Hall–Kier alpha value is -3.88. The second-order valence-electron chi connectivity index (χ2n) is 6.83. The number of hydrogen-bond donors (Lipinski definition) is 1. The molecule has 0 aliphatic rings. The fourth-order valence-electron chi connectivity index (χ4n) is 3.21. The number of carbonyl (C=O) groups is 1. The third kappa shape index (κ3) is 5.00. The van der Waals surface area contributed by atoms with Crippen LogP contribution in [0.2, 0.25) is 0 Å². The van der Waals surface area contributed by atoms with E-state index in [2.05, 4.69) is 22.4 Å². The molecule has 0 spiro atoms. The van der Waals surface area contributed by atoms with Gasteiger partial charge in [0.15, 0.2) is 0 Å². The van der Waals surface area contributed by atoms with Gasteiger partial charge in [0.05, 0.1) is 11.6 Å². The summed E-state index contributed by atoms with van der Waals surface area (Å²) in [6.45, 7) is 0. The Morgan fingerprint density at radius 1 is 0.903 bits per heavy atom. The molecule has 0 radical (unpaired) electrons. The lowest BCUT2D eigenvalue weighted by Gasteiger charge is -2.12. The number of benzene rings is 3. The van der Waals surface area contributed by atoms with Crippen LogP contribution < -0.4 is 5.32 Å². The molecular weight excluding hydrogens is 402 g/mol. The van der Waals surface area contributed by atoms with Gasteiger partial charge in [-0.2, -0.15) is 5.26 Å². The number of aromatic nitrogens is 1. The maximum atomic E-state index is 13.0. The van der Waals surface area contributed by atoms with Crippen LogP contribution in [-0.2, 0) is 5.75 Å². The number of hydrogen-bond acceptors (Lipinski definition) is 4. The number of carbonyl (C=O) groups excluding carboxylic acids is 1.